The molecule has 0 aliphatic carbocycles. The van der Waals surface area contributed by atoms with E-state index in [-0.39, 0.29) is 36.4 Å². The minimum absolute atomic E-state index is 0. The van der Waals surface area contributed by atoms with E-state index in [9.17, 15) is 4.79 Å². The van der Waals surface area contributed by atoms with Crippen LogP contribution in [0.15, 0.2) is 35.3 Å². The van der Waals surface area contributed by atoms with Gasteiger partial charge in [-0.15, -0.1) is 24.0 Å². The van der Waals surface area contributed by atoms with Crippen LogP contribution in [0.4, 0.5) is 0 Å². The van der Waals surface area contributed by atoms with Gasteiger partial charge in [-0.05, 0) is 12.0 Å². The minimum atomic E-state index is -0.0437. The summed E-state index contributed by atoms with van der Waals surface area (Å²) in [6, 6.07) is 9.87. The smallest absolute Gasteiger partial charge is 0.239 e. The number of aliphatic imine (C=N–C) groups is 1. The number of rotatable bonds is 9. The molecule has 0 saturated heterocycles. The lowest BCUT2D eigenvalue weighted by atomic mass is 10.2. The zero-order valence-corrected chi connectivity index (χ0v) is 16.4. The Morgan fingerprint density at radius 2 is 1.78 bits per heavy atom. The Hall–Kier alpha value is -1.31. The quantitative estimate of drug-likeness (QED) is 0.243. The Morgan fingerprint density at radius 3 is 2.43 bits per heavy atom. The molecule has 0 aliphatic heterocycles. The average molecular weight is 432 g/mol. The molecular weight excluding hydrogens is 403 g/mol. The maximum atomic E-state index is 11.8. The molecule has 0 saturated carbocycles. The number of nitrogens with one attached hydrogen (secondary N) is 3. The van der Waals surface area contributed by atoms with Crippen LogP contribution in [0.3, 0.4) is 0 Å². The van der Waals surface area contributed by atoms with Gasteiger partial charge in [0.1, 0.15) is 0 Å². The lowest BCUT2D eigenvalue weighted by Crippen LogP contribution is -2.43. The third kappa shape index (κ3) is 11.0. The molecule has 0 spiro atoms. The minimum Gasteiger partial charge on any atom is -0.356 e. The van der Waals surface area contributed by atoms with Crippen molar-refractivity contribution in [2.75, 3.05) is 20.1 Å². The standard InChI is InChI=1S/C17H28N4O.HI/c1-3-4-5-9-12-19-17(18-2)21-14-16(22)20-13-15-10-7-6-8-11-15;/h6-8,10-11H,3-5,9,12-14H2,1-2H3,(H,20,22)(H2,18,19,21);1H. The molecule has 23 heavy (non-hydrogen) atoms. The lowest BCUT2D eigenvalue weighted by molar-refractivity contribution is -0.120. The van der Waals surface area contributed by atoms with Gasteiger partial charge in [-0.1, -0.05) is 56.5 Å². The number of benzene rings is 1. The normalized spacial score (nSPS) is 10.6. The maximum absolute atomic E-state index is 11.8. The molecule has 0 heterocycles. The molecule has 130 valence electrons. The first-order valence-corrected chi connectivity index (χ1v) is 8.01. The topological polar surface area (TPSA) is 65.5 Å². The van der Waals surface area contributed by atoms with E-state index >= 15 is 0 Å². The third-order valence-corrected chi connectivity index (χ3v) is 3.30. The number of amides is 1. The van der Waals surface area contributed by atoms with Crippen molar-refractivity contribution in [1.82, 2.24) is 16.0 Å². The summed E-state index contributed by atoms with van der Waals surface area (Å²) in [5, 5.41) is 9.12. The van der Waals surface area contributed by atoms with Crippen molar-refractivity contribution in [1.29, 1.82) is 0 Å². The van der Waals surface area contributed by atoms with Gasteiger partial charge < -0.3 is 16.0 Å². The van der Waals surface area contributed by atoms with Crippen LogP contribution >= 0.6 is 24.0 Å². The number of unbranched alkanes of at least 4 members (excludes halogenated alkanes) is 3. The SMILES string of the molecule is CCCCCCNC(=NC)NCC(=O)NCc1ccccc1.I. The third-order valence-electron chi connectivity index (χ3n) is 3.30. The summed E-state index contributed by atoms with van der Waals surface area (Å²) in [6.45, 7) is 3.85. The monoisotopic (exact) mass is 432 g/mol. The van der Waals surface area contributed by atoms with E-state index in [1.54, 1.807) is 7.05 Å². The van der Waals surface area contributed by atoms with Gasteiger partial charge in [0.25, 0.3) is 0 Å². The Balaban J connectivity index is 0.00000484. The summed E-state index contributed by atoms with van der Waals surface area (Å²) in [4.78, 5) is 15.9. The summed E-state index contributed by atoms with van der Waals surface area (Å²) in [6.07, 6.45) is 4.83. The van der Waals surface area contributed by atoms with E-state index in [0.717, 1.165) is 18.5 Å². The molecule has 3 N–H and O–H groups in total. The summed E-state index contributed by atoms with van der Waals surface area (Å²) in [5.41, 5.74) is 1.09. The van der Waals surface area contributed by atoms with Gasteiger partial charge >= 0.3 is 0 Å². The fraction of sp³-hybridized carbons (Fsp3) is 0.529. The van der Waals surface area contributed by atoms with Crippen LogP contribution < -0.4 is 16.0 Å². The zero-order valence-electron chi connectivity index (χ0n) is 14.1. The molecule has 0 aromatic heterocycles. The number of halogens is 1. The first-order chi connectivity index (χ1) is 10.8. The molecule has 0 atom stereocenters. The second kappa shape index (κ2) is 14.3. The van der Waals surface area contributed by atoms with Gasteiger partial charge in [0.2, 0.25) is 5.91 Å². The van der Waals surface area contributed by atoms with E-state index < -0.39 is 0 Å². The molecule has 1 rings (SSSR count). The number of carbonyl (C=O) groups excluding carboxylic acids is 1. The summed E-state index contributed by atoms with van der Waals surface area (Å²) in [7, 11) is 1.71. The predicted molar refractivity (Wildman–Crippen MR) is 107 cm³/mol. The highest BCUT2D eigenvalue weighted by molar-refractivity contribution is 14.0. The number of guanidine groups is 1. The summed E-state index contributed by atoms with van der Waals surface area (Å²) >= 11 is 0. The Kier molecular flexibility index (Phi) is 13.5. The van der Waals surface area contributed by atoms with E-state index in [1.807, 2.05) is 30.3 Å². The predicted octanol–water partition coefficient (Wildman–Crippen LogP) is 2.67. The number of nitrogens with zero attached hydrogens (tertiary/aromatic N) is 1. The molecule has 0 fully saturated rings. The van der Waals surface area contributed by atoms with Crippen LogP contribution in [0, 0.1) is 0 Å². The van der Waals surface area contributed by atoms with Crippen LogP contribution in [0.1, 0.15) is 38.2 Å². The molecule has 1 amide bonds. The van der Waals surface area contributed by atoms with E-state index in [0.29, 0.717) is 12.5 Å². The number of hydrogen-bond acceptors (Lipinski definition) is 2. The van der Waals surface area contributed by atoms with Crippen molar-refractivity contribution >= 4 is 35.8 Å². The summed E-state index contributed by atoms with van der Waals surface area (Å²) < 4.78 is 0. The molecule has 5 nitrogen and oxygen atoms in total. The highest BCUT2D eigenvalue weighted by atomic mass is 127. The average Bonchev–Trinajstić information content (AvgIpc) is 2.56. The second-order valence-electron chi connectivity index (χ2n) is 5.18. The molecule has 0 unspecified atom stereocenters. The van der Waals surface area contributed by atoms with Crippen molar-refractivity contribution < 1.29 is 4.79 Å². The van der Waals surface area contributed by atoms with Crippen LogP contribution in [0.5, 0.6) is 0 Å². The van der Waals surface area contributed by atoms with Gasteiger partial charge in [0.15, 0.2) is 5.96 Å². The van der Waals surface area contributed by atoms with Gasteiger partial charge in [-0.3, -0.25) is 9.79 Å². The highest BCUT2D eigenvalue weighted by Gasteiger charge is 2.03. The molecule has 1 aromatic carbocycles. The second-order valence-corrected chi connectivity index (χ2v) is 5.18. The van der Waals surface area contributed by atoms with Crippen molar-refractivity contribution in [3.05, 3.63) is 35.9 Å². The van der Waals surface area contributed by atoms with Gasteiger partial charge in [0, 0.05) is 20.1 Å². The molecule has 0 aliphatic rings. The summed E-state index contributed by atoms with van der Waals surface area (Å²) in [5.74, 6) is 0.629. The number of hydrogen-bond donors (Lipinski definition) is 3. The Bertz CT molecular complexity index is 451. The molecular formula is C17H29IN4O. The fourth-order valence-corrected chi connectivity index (χ4v) is 2.00. The van der Waals surface area contributed by atoms with Crippen LogP contribution in [0.2, 0.25) is 0 Å². The van der Waals surface area contributed by atoms with Crippen molar-refractivity contribution in [2.45, 2.75) is 39.2 Å². The van der Waals surface area contributed by atoms with Crippen molar-refractivity contribution in [3.63, 3.8) is 0 Å². The van der Waals surface area contributed by atoms with Crippen LogP contribution in [0.25, 0.3) is 0 Å². The molecule has 1 aromatic rings. The van der Waals surface area contributed by atoms with E-state index in [2.05, 4.69) is 27.9 Å². The Morgan fingerprint density at radius 1 is 1.04 bits per heavy atom. The Labute approximate surface area is 156 Å². The van der Waals surface area contributed by atoms with Gasteiger partial charge in [0.05, 0.1) is 6.54 Å². The fourth-order valence-electron chi connectivity index (χ4n) is 2.00. The van der Waals surface area contributed by atoms with Crippen molar-refractivity contribution in [2.24, 2.45) is 4.99 Å². The van der Waals surface area contributed by atoms with Crippen LogP contribution in [-0.4, -0.2) is 32.0 Å². The first-order valence-electron chi connectivity index (χ1n) is 8.01. The highest BCUT2D eigenvalue weighted by Crippen LogP contribution is 1.97. The lowest BCUT2D eigenvalue weighted by Gasteiger charge is -2.12. The molecule has 6 heteroatoms. The van der Waals surface area contributed by atoms with Crippen LogP contribution in [-0.2, 0) is 11.3 Å². The zero-order chi connectivity index (χ0) is 16.0. The maximum Gasteiger partial charge on any atom is 0.239 e. The first kappa shape index (κ1) is 21.7. The van der Waals surface area contributed by atoms with Gasteiger partial charge in [-0.25, -0.2) is 0 Å². The number of carbonyl (C=O) groups is 1. The largest absolute Gasteiger partial charge is 0.356 e. The molecule has 0 bridgehead atoms. The van der Waals surface area contributed by atoms with E-state index in [1.165, 1.54) is 19.3 Å². The van der Waals surface area contributed by atoms with Gasteiger partial charge in [-0.2, -0.15) is 0 Å². The van der Waals surface area contributed by atoms with E-state index in [4.69, 9.17) is 0 Å². The van der Waals surface area contributed by atoms with Crippen molar-refractivity contribution in [3.8, 4) is 0 Å². The molecule has 0 radical (unpaired) electrons.